The van der Waals surface area contributed by atoms with Gasteiger partial charge in [-0.05, 0) is 37.9 Å². The highest BCUT2D eigenvalue weighted by molar-refractivity contribution is 6.04. The average molecular weight is 410 g/mol. The van der Waals surface area contributed by atoms with Crippen molar-refractivity contribution in [1.29, 1.82) is 0 Å². The molecule has 1 N–H and O–H groups in total. The summed E-state index contributed by atoms with van der Waals surface area (Å²) >= 11 is 0. The van der Waals surface area contributed by atoms with Crippen LogP contribution in [0.15, 0.2) is 42.5 Å². The molecule has 5 nitrogen and oxygen atoms in total. The Morgan fingerprint density at radius 2 is 1.93 bits per heavy atom. The second-order valence-electron chi connectivity index (χ2n) is 8.62. The number of hydrogen-bond donors (Lipinski definition) is 1. The van der Waals surface area contributed by atoms with Crippen molar-refractivity contribution in [3.63, 3.8) is 0 Å². The molecule has 2 fully saturated rings. The van der Waals surface area contributed by atoms with Gasteiger partial charge in [0.1, 0.15) is 0 Å². The third kappa shape index (κ3) is 3.37. The highest BCUT2D eigenvalue weighted by atomic mass is 19.2. The maximum absolute atomic E-state index is 14.1. The van der Waals surface area contributed by atoms with Crippen molar-refractivity contribution in [3.8, 4) is 0 Å². The van der Waals surface area contributed by atoms with Crippen molar-refractivity contribution >= 4 is 16.8 Å². The maximum Gasteiger partial charge on any atom is 0.275 e. The zero-order valence-corrected chi connectivity index (χ0v) is 16.7. The molecule has 3 heterocycles. The summed E-state index contributed by atoms with van der Waals surface area (Å²) in [4.78, 5) is 17.2. The number of amides is 1. The molecule has 1 spiro atoms. The van der Waals surface area contributed by atoms with Gasteiger partial charge in [0.05, 0.1) is 5.52 Å². The van der Waals surface area contributed by atoms with Gasteiger partial charge < -0.3 is 4.90 Å². The Balaban J connectivity index is 1.30. The summed E-state index contributed by atoms with van der Waals surface area (Å²) in [5.74, 6) is -1.61. The normalized spacial score (nSPS) is 22.3. The standard InChI is InChI=1S/C23H24F2N4O/c24-18-7-3-5-16(20(18)25)13-28-11-4-9-23(14-28)10-12-29(15-23)22(30)21-17-6-1-2-8-19(17)26-27-21/h1-3,5-8H,4,9-15H2,(H,26,27)/t23-/m1/s1. The summed E-state index contributed by atoms with van der Waals surface area (Å²) in [5, 5.41) is 8.04. The number of piperidine rings is 1. The number of likely N-dealkylation sites (tertiary alicyclic amines) is 2. The van der Waals surface area contributed by atoms with Crippen LogP contribution in [0.1, 0.15) is 35.3 Å². The van der Waals surface area contributed by atoms with E-state index < -0.39 is 11.6 Å². The van der Waals surface area contributed by atoms with Crippen molar-refractivity contribution in [3.05, 3.63) is 65.4 Å². The lowest BCUT2D eigenvalue weighted by Gasteiger charge is -2.40. The molecule has 30 heavy (non-hydrogen) atoms. The van der Waals surface area contributed by atoms with Crippen LogP contribution in [0.3, 0.4) is 0 Å². The Hall–Kier alpha value is -2.80. The number of carbonyl (C=O) groups excluding carboxylic acids is 1. The average Bonchev–Trinajstić information content (AvgIpc) is 3.36. The Morgan fingerprint density at radius 3 is 2.83 bits per heavy atom. The van der Waals surface area contributed by atoms with Crippen LogP contribution in [-0.2, 0) is 6.54 Å². The van der Waals surface area contributed by atoms with Gasteiger partial charge >= 0.3 is 0 Å². The number of carbonyl (C=O) groups is 1. The van der Waals surface area contributed by atoms with Crippen molar-refractivity contribution < 1.29 is 13.6 Å². The first-order chi connectivity index (χ1) is 14.5. The minimum Gasteiger partial charge on any atom is -0.337 e. The number of nitrogens with one attached hydrogen (secondary N) is 1. The number of halogens is 2. The zero-order chi connectivity index (χ0) is 20.7. The van der Waals surface area contributed by atoms with Crippen molar-refractivity contribution in [1.82, 2.24) is 20.0 Å². The molecule has 7 heteroatoms. The molecule has 2 aromatic carbocycles. The van der Waals surface area contributed by atoms with E-state index in [0.29, 0.717) is 30.9 Å². The predicted octanol–water partition coefficient (Wildman–Crippen LogP) is 3.97. The van der Waals surface area contributed by atoms with Crippen LogP contribution in [-0.4, -0.2) is 52.1 Å². The summed E-state index contributed by atoms with van der Waals surface area (Å²) in [7, 11) is 0. The van der Waals surface area contributed by atoms with Gasteiger partial charge in [-0.2, -0.15) is 5.10 Å². The molecule has 0 bridgehead atoms. The first kappa shape index (κ1) is 19.2. The van der Waals surface area contributed by atoms with Gasteiger partial charge in [0.25, 0.3) is 5.91 Å². The number of hydrogen-bond acceptors (Lipinski definition) is 3. The van der Waals surface area contributed by atoms with Crippen LogP contribution in [0.4, 0.5) is 8.78 Å². The molecule has 2 aliphatic heterocycles. The van der Waals surface area contributed by atoms with Crippen LogP contribution in [0, 0.1) is 17.0 Å². The van der Waals surface area contributed by atoms with Gasteiger partial charge in [-0.3, -0.25) is 14.8 Å². The van der Waals surface area contributed by atoms with E-state index >= 15 is 0 Å². The maximum atomic E-state index is 14.1. The van der Waals surface area contributed by atoms with Crippen LogP contribution in [0.25, 0.3) is 10.9 Å². The number of para-hydroxylation sites is 1. The summed E-state index contributed by atoms with van der Waals surface area (Å²) in [5.41, 5.74) is 1.72. The molecule has 2 saturated heterocycles. The van der Waals surface area contributed by atoms with E-state index in [1.807, 2.05) is 29.2 Å². The molecular formula is C23H24F2N4O. The molecule has 0 unspecified atom stereocenters. The first-order valence-corrected chi connectivity index (χ1v) is 10.4. The number of H-pyrrole nitrogens is 1. The van der Waals surface area contributed by atoms with Gasteiger partial charge in [0, 0.05) is 42.5 Å². The van der Waals surface area contributed by atoms with Crippen molar-refractivity contribution in [2.45, 2.75) is 25.8 Å². The lowest BCUT2D eigenvalue weighted by Crippen LogP contribution is -2.45. The molecule has 0 saturated carbocycles. The van der Waals surface area contributed by atoms with Gasteiger partial charge in [-0.1, -0.05) is 30.3 Å². The zero-order valence-electron chi connectivity index (χ0n) is 16.7. The van der Waals surface area contributed by atoms with E-state index in [0.717, 1.165) is 49.3 Å². The quantitative estimate of drug-likeness (QED) is 0.711. The predicted molar refractivity (Wildman–Crippen MR) is 110 cm³/mol. The highest BCUT2D eigenvalue weighted by Crippen LogP contribution is 2.40. The molecule has 1 aromatic heterocycles. The van der Waals surface area contributed by atoms with E-state index in [-0.39, 0.29) is 11.3 Å². The molecule has 1 atom stereocenters. The monoisotopic (exact) mass is 410 g/mol. The summed E-state index contributed by atoms with van der Waals surface area (Å²) < 4.78 is 27.7. The molecule has 0 radical (unpaired) electrons. The second-order valence-corrected chi connectivity index (χ2v) is 8.62. The molecule has 3 aromatic rings. The first-order valence-electron chi connectivity index (χ1n) is 10.4. The number of aromatic nitrogens is 2. The van der Waals surface area contributed by atoms with Crippen LogP contribution < -0.4 is 0 Å². The third-order valence-electron chi connectivity index (χ3n) is 6.56. The SMILES string of the molecule is O=C(c1n[nH]c2ccccc12)N1CC[C@@]2(CCCN(Cc3cccc(F)c3F)C2)C1. The summed E-state index contributed by atoms with van der Waals surface area (Å²) in [6, 6.07) is 12.0. The largest absolute Gasteiger partial charge is 0.337 e. The van der Waals surface area contributed by atoms with E-state index in [4.69, 9.17) is 0 Å². The van der Waals surface area contributed by atoms with Gasteiger partial charge in [0.15, 0.2) is 17.3 Å². The smallest absolute Gasteiger partial charge is 0.275 e. The molecular weight excluding hydrogens is 386 g/mol. The van der Waals surface area contributed by atoms with E-state index in [9.17, 15) is 13.6 Å². The molecule has 2 aliphatic rings. The molecule has 0 aliphatic carbocycles. The number of benzene rings is 2. The fourth-order valence-electron chi connectivity index (χ4n) is 5.07. The molecule has 1 amide bonds. The van der Waals surface area contributed by atoms with E-state index in [1.165, 1.54) is 0 Å². The summed E-state index contributed by atoms with van der Waals surface area (Å²) in [6.07, 6.45) is 2.95. The van der Waals surface area contributed by atoms with E-state index in [2.05, 4.69) is 15.1 Å². The lowest BCUT2D eigenvalue weighted by molar-refractivity contribution is 0.0670. The Labute approximate surface area is 173 Å². The molecule has 5 rings (SSSR count). The van der Waals surface area contributed by atoms with Gasteiger partial charge in [0.2, 0.25) is 0 Å². The fraction of sp³-hybridized carbons (Fsp3) is 0.391. The minimum atomic E-state index is -0.803. The van der Waals surface area contributed by atoms with Crippen molar-refractivity contribution in [2.75, 3.05) is 26.2 Å². The van der Waals surface area contributed by atoms with Crippen LogP contribution in [0.2, 0.25) is 0 Å². The van der Waals surface area contributed by atoms with Crippen molar-refractivity contribution in [2.24, 2.45) is 5.41 Å². The number of fused-ring (bicyclic) bond motifs is 1. The number of nitrogens with zero attached hydrogens (tertiary/aromatic N) is 3. The minimum absolute atomic E-state index is 0.00379. The van der Waals surface area contributed by atoms with Gasteiger partial charge in [-0.15, -0.1) is 0 Å². The van der Waals surface area contributed by atoms with E-state index in [1.54, 1.807) is 12.1 Å². The number of aromatic amines is 1. The Bertz CT molecular complexity index is 1100. The lowest BCUT2D eigenvalue weighted by atomic mass is 9.79. The topological polar surface area (TPSA) is 52.2 Å². The number of rotatable bonds is 3. The second kappa shape index (κ2) is 7.47. The van der Waals surface area contributed by atoms with Crippen LogP contribution in [0.5, 0.6) is 0 Å². The molecule has 156 valence electrons. The van der Waals surface area contributed by atoms with Crippen LogP contribution >= 0.6 is 0 Å². The Kier molecular flexibility index (Phi) is 4.77. The van der Waals surface area contributed by atoms with Gasteiger partial charge in [-0.25, -0.2) is 8.78 Å². The summed E-state index contributed by atoms with van der Waals surface area (Å²) in [6.45, 7) is 3.41. The third-order valence-corrected chi connectivity index (χ3v) is 6.56. The Morgan fingerprint density at radius 1 is 1.07 bits per heavy atom. The fourth-order valence-corrected chi connectivity index (χ4v) is 5.07. The highest BCUT2D eigenvalue weighted by Gasteiger charge is 2.43.